The van der Waals surface area contributed by atoms with Crippen LogP contribution in [0.15, 0.2) is 82.6 Å². The number of amides is 1. The third kappa shape index (κ3) is 6.92. The van der Waals surface area contributed by atoms with Gasteiger partial charge in [0.15, 0.2) is 5.16 Å². The van der Waals surface area contributed by atoms with E-state index in [1.165, 1.54) is 5.69 Å². The van der Waals surface area contributed by atoms with E-state index in [0.717, 1.165) is 72.1 Å². The standard InChI is InChI=1S/C30H33N5O3S/c1-3-24-19-28(35-16-14-34(15-17-35)25-10-12-26(37-2)13-11-25)33-30(32-24)39-21-22-6-8-23(9-7-22)29(36)31-20-27-5-4-18-38-27/h4-13,18-19H,3,14-17,20-21H2,1-2H3,(H,31,36). The lowest BCUT2D eigenvalue weighted by Gasteiger charge is -2.37. The minimum absolute atomic E-state index is 0.124. The first-order valence-corrected chi connectivity index (χ1v) is 14.1. The van der Waals surface area contributed by atoms with Crippen molar-refractivity contribution in [3.63, 3.8) is 0 Å². The molecule has 1 N–H and O–H groups in total. The number of hydrogen-bond acceptors (Lipinski definition) is 8. The van der Waals surface area contributed by atoms with Crippen LogP contribution in [0.3, 0.4) is 0 Å². The van der Waals surface area contributed by atoms with E-state index in [0.29, 0.717) is 12.1 Å². The molecule has 39 heavy (non-hydrogen) atoms. The molecular weight excluding hydrogens is 510 g/mol. The number of aromatic nitrogens is 2. The van der Waals surface area contributed by atoms with Crippen LogP contribution in [0, 0.1) is 0 Å². The summed E-state index contributed by atoms with van der Waals surface area (Å²) >= 11 is 1.62. The SMILES string of the molecule is CCc1cc(N2CCN(c3ccc(OC)cc3)CC2)nc(SCc2ccc(C(=O)NCc3ccco3)cc2)n1. The van der Waals surface area contributed by atoms with Crippen molar-refractivity contribution in [3.8, 4) is 5.75 Å². The summed E-state index contributed by atoms with van der Waals surface area (Å²) in [6, 6.07) is 21.7. The molecule has 0 atom stereocenters. The third-order valence-corrected chi connectivity index (χ3v) is 7.65. The fourth-order valence-corrected chi connectivity index (χ4v) is 5.26. The molecule has 0 saturated carbocycles. The topological polar surface area (TPSA) is 83.7 Å². The molecule has 1 saturated heterocycles. The second kappa shape index (κ2) is 12.7. The highest BCUT2D eigenvalue weighted by atomic mass is 32.2. The maximum Gasteiger partial charge on any atom is 0.251 e. The van der Waals surface area contributed by atoms with Crippen LogP contribution in [-0.2, 0) is 18.7 Å². The zero-order valence-corrected chi connectivity index (χ0v) is 23.1. The van der Waals surface area contributed by atoms with E-state index in [1.807, 2.05) is 42.5 Å². The lowest BCUT2D eigenvalue weighted by Crippen LogP contribution is -2.46. The Morgan fingerprint density at radius 3 is 2.41 bits per heavy atom. The number of ether oxygens (including phenoxy) is 1. The molecule has 0 bridgehead atoms. The molecule has 202 valence electrons. The smallest absolute Gasteiger partial charge is 0.251 e. The van der Waals surface area contributed by atoms with E-state index in [1.54, 1.807) is 31.2 Å². The van der Waals surface area contributed by atoms with Crippen molar-refractivity contribution in [1.29, 1.82) is 0 Å². The summed E-state index contributed by atoms with van der Waals surface area (Å²) in [6.45, 7) is 6.16. The van der Waals surface area contributed by atoms with Gasteiger partial charge in [0.25, 0.3) is 5.91 Å². The number of thioether (sulfide) groups is 1. The predicted octanol–water partition coefficient (Wildman–Crippen LogP) is 5.19. The average Bonchev–Trinajstić information content (AvgIpc) is 3.53. The zero-order chi connectivity index (χ0) is 27.0. The molecule has 2 aromatic carbocycles. The molecule has 2 aromatic heterocycles. The van der Waals surface area contributed by atoms with E-state index >= 15 is 0 Å². The summed E-state index contributed by atoms with van der Waals surface area (Å²) in [5.41, 5.74) is 3.99. The third-order valence-electron chi connectivity index (χ3n) is 6.74. The average molecular weight is 544 g/mol. The van der Waals surface area contributed by atoms with Crippen molar-refractivity contribution >= 4 is 29.2 Å². The Morgan fingerprint density at radius 2 is 1.74 bits per heavy atom. The number of piperazine rings is 1. The van der Waals surface area contributed by atoms with Gasteiger partial charge in [-0.1, -0.05) is 30.8 Å². The molecule has 1 amide bonds. The van der Waals surface area contributed by atoms with Gasteiger partial charge in [0.1, 0.15) is 17.3 Å². The number of aryl methyl sites for hydroxylation is 1. The van der Waals surface area contributed by atoms with Crippen LogP contribution in [0.25, 0.3) is 0 Å². The second-order valence-electron chi connectivity index (χ2n) is 9.27. The van der Waals surface area contributed by atoms with E-state index in [2.05, 4.69) is 40.2 Å². The number of carbonyl (C=O) groups is 1. The number of rotatable bonds is 10. The van der Waals surface area contributed by atoms with Gasteiger partial charge in [-0.05, 0) is 60.5 Å². The van der Waals surface area contributed by atoms with Crippen LogP contribution in [-0.4, -0.2) is 49.2 Å². The molecule has 1 aliphatic rings. The summed E-state index contributed by atoms with van der Waals surface area (Å²) < 4.78 is 10.6. The Hall–Kier alpha value is -3.98. The Balaban J connectivity index is 1.17. The van der Waals surface area contributed by atoms with Gasteiger partial charge in [-0.3, -0.25) is 4.79 Å². The Labute approximate surface area is 233 Å². The highest BCUT2D eigenvalue weighted by molar-refractivity contribution is 7.98. The monoisotopic (exact) mass is 543 g/mol. The van der Waals surface area contributed by atoms with Crippen LogP contribution < -0.4 is 19.9 Å². The van der Waals surface area contributed by atoms with Gasteiger partial charge in [0.2, 0.25) is 0 Å². The van der Waals surface area contributed by atoms with Crippen molar-refractivity contribution in [2.45, 2.75) is 30.8 Å². The van der Waals surface area contributed by atoms with Crippen molar-refractivity contribution < 1.29 is 13.9 Å². The molecule has 5 rings (SSSR count). The second-order valence-corrected chi connectivity index (χ2v) is 10.2. The number of hydrogen-bond donors (Lipinski definition) is 1. The fourth-order valence-electron chi connectivity index (χ4n) is 4.44. The Kier molecular flexibility index (Phi) is 8.68. The summed E-state index contributed by atoms with van der Waals surface area (Å²) in [4.78, 5) is 26.8. The molecule has 1 aliphatic heterocycles. The van der Waals surface area contributed by atoms with Gasteiger partial charge in [-0.15, -0.1) is 0 Å². The van der Waals surface area contributed by atoms with Crippen LogP contribution in [0.1, 0.15) is 34.3 Å². The number of anilines is 2. The molecular formula is C30H33N5O3S. The van der Waals surface area contributed by atoms with E-state index in [9.17, 15) is 4.79 Å². The molecule has 9 heteroatoms. The number of benzene rings is 2. The minimum Gasteiger partial charge on any atom is -0.497 e. The van der Waals surface area contributed by atoms with E-state index in [4.69, 9.17) is 19.1 Å². The molecule has 0 aliphatic carbocycles. The number of nitrogens with zero attached hydrogens (tertiary/aromatic N) is 4. The Morgan fingerprint density at radius 1 is 1.00 bits per heavy atom. The quantitative estimate of drug-likeness (QED) is 0.216. The fraction of sp³-hybridized carbons (Fsp3) is 0.300. The zero-order valence-electron chi connectivity index (χ0n) is 22.3. The molecule has 0 unspecified atom stereocenters. The highest BCUT2D eigenvalue weighted by Crippen LogP contribution is 2.26. The number of furan rings is 1. The molecule has 3 heterocycles. The molecule has 0 spiro atoms. The van der Waals surface area contributed by atoms with Crippen molar-refractivity contribution in [2.75, 3.05) is 43.1 Å². The Bertz CT molecular complexity index is 1350. The predicted molar refractivity (Wildman–Crippen MR) is 155 cm³/mol. The van der Waals surface area contributed by atoms with Crippen molar-refractivity contribution in [2.24, 2.45) is 0 Å². The number of nitrogens with one attached hydrogen (secondary N) is 1. The summed E-state index contributed by atoms with van der Waals surface area (Å²) in [5, 5.41) is 3.65. The van der Waals surface area contributed by atoms with Crippen LogP contribution in [0.2, 0.25) is 0 Å². The van der Waals surface area contributed by atoms with Gasteiger partial charge in [-0.2, -0.15) is 0 Å². The highest BCUT2D eigenvalue weighted by Gasteiger charge is 2.20. The molecule has 0 radical (unpaired) electrons. The van der Waals surface area contributed by atoms with Crippen molar-refractivity contribution in [3.05, 3.63) is 95.6 Å². The summed E-state index contributed by atoms with van der Waals surface area (Å²) in [5.74, 6) is 3.19. The maximum atomic E-state index is 12.4. The first-order chi connectivity index (χ1) is 19.1. The van der Waals surface area contributed by atoms with Crippen LogP contribution in [0.5, 0.6) is 5.75 Å². The molecule has 1 fully saturated rings. The first-order valence-electron chi connectivity index (χ1n) is 13.2. The van der Waals surface area contributed by atoms with Gasteiger partial charge < -0.3 is 24.3 Å². The number of carbonyl (C=O) groups excluding carboxylic acids is 1. The van der Waals surface area contributed by atoms with Crippen molar-refractivity contribution in [1.82, 2.24) is 15.3 Å². The van der Waals surface area contributed by atoms with Gasteiger partial charge >= 0.3 is 0 Å². The molecule has 4 aromatic rings. The van der Waals surface area contributed by atoms with Crippen LogP contribution in [0.4, 0.5) is 11.5 Å². The lowest BCUT2D eigenvalue weighted by atomic mass is 10.1. The first kappa shape index (κ1) is 26.6. The summed E-state index contributed by atoms with van der Waals surface area (Å²) in [7, 11) is 1.69. The van der Waals surface area contributed by atoms with E-state index < -0.39 is 0 Å². The molecule has 8 nitrogen and oxygen atoms in total. The van der Waals surface area contributed by atoms with E-state index in [-0.39, 0.29) is 5.91 Å². The minimum atomic E-state index is -0.124. The number of methoxy groups -OCH3 is 1. The maximum absolute atomic E-state index is 12.4. The lowest BCUT2D eigenvalue weighted by molar-refractivity contribution is 0.0948. The van der Waals surface area contributed by atoms with Gasteiger partial charge in [-0.25, -0.2) is 9.97 Å². The normalized spacial score (nSPS) is 13.4. The van der Waals surface area contributed by atoms with Crippen LogP contribution >= 0.6 is 11.8 Å². The largest absolute Gasteiger partial charge is 0.497 e. The van der Waals surface area contributed by atoms with Gasteiger partial charge in [0.05, 0.1) is 19.9 Å². The summed E-state index contributed by atoms with van der Waals surface area (Å²) in [6.07, 6.45) is 2.46. The van der Waals surface area contributed by atoms with Gasteiger partial charge in [0, 0.05) is 54.9 Å².